The average Bonchev–Trinajstić information content (AvgIpc) is 2.35. The van der Waals surface area contributed by atoms with Crippen LogP contribution in [0.15, 0.2) is 0 Å². The molecule has 0 amide bonds. The Kier molecular flexibility index (Phi) is 11.4. The molecule has 0 aromatic rings. The Morgan fingerprint density at radius 1 is 1.00 bits per heavy atom. The van der Waals surface area contributed by atoms with Gasteiger partial charge in [0, 0.05) is 6.42 Å². The number of nitrogens with zero attached hydrogens (tertiary/aromatic N) is 1. The summed E-state index contributed by atoms with van der Waals surface area (Å²) in [5.41, 5.74) is 4.84. The van der Waals surface area contributed by atoms with Crippen LogP contribution >= 0.6 is 0 Å². The summed E-state index contributed by atoms with van der Waals surface area (Å²) in [6, 6.07) is -1.29. The smallest absolute Gasteiger partial charge is 0.321 e. The minimum Gasteiger partial charge on any atom is -0.481 e. The lowest BCUT2D eigenvalue weighted by Crippen LogP contribution is -2.43. The van der Waals surface area contributed by atoms with Gasteiger partial charge < -0.3 is 30.3 Å². The molecule has 0 heterocycles. The topological polar surface area (TPSA) is 164 Å². The zero-order chi connectivity index (χ0) is 19.5. The van der Waals surface area contributed by atoms with Gasteiger partial charge in [-0.15, -0.1) is 0 Å². The predicted octanol–water partition coefficient (Wildman–Crippen LogP) is -0.638. The van der Waals surface area contributed by atoms with Crippen molar-refractivity contribution in [3.8, 4) is 0 Å². The van der Waals surface area contributed by atoms with E-state index >= 15 is 0 Å². The molecule has 24 heavy (non-hydrogen) atoms. The average molecular weight is 351 g/mol. The van der Waals surface area contributed by atoms with Gasteiger partial charge in [0.05, 0.1) is 34.0 Å². The van der Waals surface area contributed by atoms with Crippen LogP contribution in [0, 0.1) is 0 Å². The van der Waals surface area contributed by atoms with Crippen LogP contribution < -0.4 is 5.73 Å². The van der Waals surface area contributed by atoms with Gasteiger partial charge in [0.15, 0.2) is 6.10 Å². The number of nitrogens with two attached hydrogens (primary N) is 1. The molecule has 0 saturated heterocycles. The Labute approximate surface area is 140 Å². The predicted molar refractivity (Wildman–Crippen MR) is 83.2 cm³/mol. The number of quaternary nitrogens is 1. The maximum atomic E-state index is 11.1. The summed E-state index contributed by atoms with van der Waals surface area (Å²) in [5, 5.41) is 24.7. The lowest BCUT2D eigenvalue weighted by Gasteiger charge is -2.28. The third-order valence-electron chi connectivity index (χ3n) is 2.45. The standard InChI is InChI=1S/C10H19NO4.C4H7NO4/c1-5-10(14)15-8(6-9(12)13)7-11(2,3)4;5-2(4(8)9)1-3(6)7/h8H,5-7H2,1-4H3;2H,1,5H2,(H,6,7)(H,8,9)/p+1/t8-;/m1./s1. The fraction of sp³-hybridized carbons (Fsp3) is 0.714. The number of likely N-dealkylation sites (N-methyl/N-ethyl adjacent to an activating group) is 1. The van der Waals surface area contributed by atoms with Crippen LogP contribution in [0.25, 0.3) is 0 Å². The third kappa shape index (κ3) is 16.2. The number of hydrogen-bond donors (Lipinski definition) is 4. The number of hydrogen-bond acceptors (Lipinski definition) is 6. The summed E-state index contributed by atoms with van der Waals surface area (Å²) in [6.07, 6.45) is -0.945. The number of ether oxygens (including phenoxy) is 1. The number of carbonyl (C=O) groups excluding carboxylic acids is 1. The minimum absolute atomic E-state index is 0.138. The molecule has 0 radical (unpaired) electrons. The second-order valence-corrected chi connectivity index (χ2v) is 6.08. The van der Waals surface area contributed by atoms with Gasteiger partial charge in [-0.1, -0.05) is 6.92 Å². The molecule has 0 fully saturated rings. The summed E-state index contributed by atoms with van der Waals surface area (Å²) in [7, 11) is 5.78. The van der Waals surface area contributed by atoms with E-state index in [0.29, 0.717) is 11.0 Å². The van der Waals surface area contributed by atoms with Crippen molar-refractivity contribution in [3.05, 3.63) is 0 Å². The molecule has 2 atom stereocenters. The first-order valence-electron chi connectivity index (χ1n) is 7.20. The van der Waals surface area contributed by atoms with Gasteiger partial charge in [0.1, 0.15) is 12.6 Å². The first-order chi connectivity index (χ1) is 10.8. The number of aliphatic carboxylic acids is 3. The van der Waals surface area contributed by atoms with Gasteiger partial charge in [-0.3, -0.25) is 19.2 Å². The zero-order valence-corrected chi connectivity index (χ0v) is 14.4. The highest BCUT2D eigenvalue weighted by Gasteiger charge is 2.24. The quantitative estimate of drug-likeness (QED) is 0.312. The van der Waals surface area contributed by atoms with Crippen LogP contribution in [-0.2, 0) is 23.9 Å². The number of carboxylic acids is 3. The maximum absolute atomic E-state index is 11.1. The van der Waals surface area contributed by atoms with Crippen molar-refractivity contribution in [1.29, 1.82) is 0 Å². The number of esters is 1. The summed E-state index contributed by atoms with van der Waals surface area (Å²) in [4.78, 5) is 41.3. The van der Waals surface area contributed by atoms with Gasteiger partial charge in [0.2, 0.25) is 0 Å². The molecule has 10 heteroatoms. The normalized spacial score (nSPS) is 13.0. The highest BCUT2D eigenvalue weighted by molar-refractivity contribution is 5.80. The van der Waals surface area contributed by atoms with Crippen LogP contribution in [0.5, 0.6) is 0 Å². The van der Waals surface area contributed by atoms with E-state index in [1.807, 2.05) is 21.1 Å². The lowest BCUT2D eigenvalue weighted by atomic mass is 10.2. The molecule has 0 spiro atoms. The summed E-state index contributed by atoms with van der Waals surface area (Å²) in [5.74, 6) is -3.80. The SMILES string of the molecule is CCC(=O)O[C@H](CC(=O)O)C[N+](C)(C)C.NC(CC(=O)O)C(=O)O. The second-order valence-electron chi connectivity index (χ2n) is 6.08. The van der Waals surface area contributed by atoms with Gasteiger partial charge >= 0.3 is 23.9 Å². The summed E-state index contributed by atoms with van der Waals surface area (Å²) >= 11 is 0. The van der Waals surface area contributed by atoms with Gasteiger partial charge in [-0.2, -0.15) is 0 Å². The molecule has 0 saturated carbocycles. The van der Waals surface area contributed by atoms with Crippen molar-refractivity contribution in [2.45, 2.75) is 38.3 Å². The Morgan fingerprint density at radius 2 is 1.46 bits per heavy atom. The van der Waals surface area contributed by atoms with E-state index in [1.165, 1.54) is 0 Å². The molecule has 5 N–H and O–H groups in total. The Hall–Kier alpha value is -2.20. The van der Waals surface area contributed by atoms with Crippen molar-refractivity contribution in [2.75, 3.05) is 27.7 Å². The Balaban J connectivity index is 0. The number of rotatable bonds is 9. The third-order valence-corrected chi connectivity index (χ3v) is 2.45. The van der Waals surface area contributed by atoms with Crippen LogP contribution in [-0.4, -0.2) is 83.5 Å². The molecular formula is C14H27N2O8+. The van der Waals surface area contributed by atoms with Crippen LogP contribution in [0.3, 0.4) is 0 Å². The Morgan fingerprint density at radius 3 is 1.71 bits per heavy atom. The number of carbonyl (C=O) groups is 4. The molecule has 10 nitrogen and oxygen atoms in total. The molecule has 1 unspecified atom stereocenters. The fourth-order valence-corrected chi connectivity index (χ4v) is 1.49. The lowest BCUT2D eigenvalue weighted by molar-refractivity contribution is -0.873. The maximum Gasteiger partial charge on any atom is 0.321 e. The summed E-state index contributed by atoms with van der Waals surface area (Å²) < 4.78 is 5.62. The van der Waals surface area contributed by atoms with Crippen LogP contribution in [0.1, 0.15) is 26.2 Å². The number of carboxylic acid groups (broad SMARTS) is 3. The molecule has 0 aliphatic heterocycles. The first kappa shape index (κ1) is 24.1. The molecule has 0 aliphatic rings. The largest absolute Gasteiger partial charge is 0.481 e. The first-order valence-corrected chi connectivity index (χ1v) is 7.20. The molecule has 0 aliphatic carbocycles. The second kappa shape index (κ2) is 11.4. The van der Waals surface area contributed by atoms with E-state index in [1.54, 1.807) is 6.92 Å². The molecule has 140 valence electrons. The van der Waals surface area contributed by atoms with Crippen molar-refractivity contribution in [2.24, 2.45) is 5.73 Å². The molecule has 0 rings (SSSR count). The molecule has 0 bridgehead atoms. The fourth-order valence-electron chi connectivity index (χ4n) is 1.49. The van der Waals surface area contributed by atoms with Crippen LogP contribution in [0.2, 0.25) is 0 Å². The summed E-state index contributed by atoms with van der Waals surface area (Å²) in [6.45, 7) is 2.18. The van der Waals surface area contributed by atoms with Crippen molar-refractivity contribution < 1.29 is 43.7 Å². The van der Waals surface area contributed by atoms with E-state index in [2.05, 4.69) is 0 Å². The van der Waals surface area contributed by atoms with E-state index in [-0.39, 0.29) is 18.8 Å². The molecule has 0 aromatic heterocycles. The van der Waals surface area contributed by atoms with Crippen molar-refractivity contribution in [3.63, 3.8) is 0 Å². The van der Waals surface area contributed by atoms with Crippen molar-refractivity contribution >= 4 is 23.9 Å². The van der Waals surface area contributed by atoms with E-state index in [4.69, 9.17) is 25.8 Å². The Bertz CT molecular complexity index is 445. The zero-order valence-electron chi connectivity index (χ0n) is 14.4. The van der Waals surface area contributed by atoms with Crippen LogP contribution in [0.4, 0.5) is 0 Å². The van der Waals surface area contributed by atoms with E-state index in [0.717, 1.165) is 0 Å². The van der Waals surface area contributed by atoms with E-state index < -0.39 is 36.5 Å². The van der Waals surface area contributed by atoms with Crippen molar-refractivity contribution in [1.82, 2.24) is 0 Å². The highest BCUT2D eigenvalue weighted by atomic mass is 16.5. The monoisotopic (exact) mass is 351 g/mol. The minimum atomic E-state index is -1.29. The van der Waals surface area contributed by atoms with Gasteiger partial charge in [-0.25, -0.2) is 0 Å². The van der Waals surface area contributed by atoms with Gasteiger partial charge in [-0.05, 0) is 0 Å². The molecule has 0 aromatic carbocycles. The van der Waals surface area contributed by atoms with Gasteiger partial charge in [0.25, 0.3) is 0 Å². The molecular weight excluding hydrogens is 324 g/mol. The van der Waals surface area contributed by atoms with E-state index in [9.17, 15) is 19.2 Å². The highest BCUT2D eigenvalue weighted by Crippen LogP contribution is 2.06.